The van der Waals surface area contributed by atoms with E-state index in [0.29, 0.717) is 31.0 Å². The van der Waals surface area contributed by atoms with Crippen LogP contribution in [0.2, 0.25) is 0 Å². The van der Waals surface area contributed by atoms with Gasteiger partial charge in [-0.3, -0.25) is 0 Å². The molecule has 1 rings (SSSR count). The van der Waals surface area contributed by atoms with Gasteiger partial charge in [-0.1, -0.05) is 0 Å². The number of thioether (sulfide) groups is 1. The Hall–Kier alpha value is -0.960. The van der Waals surface area contributed by atoms with Crippen LogP contribution in [0.25, 0.3) is 0 Å². The highest BCUT2D eigenvalue weighted by Crippen LogP contribution is 2.34. The van der Waals surface area contributed by atoms with Crippen molar-refractivity contribution < 1.29 is 17.9 Å². The van der Waals surface area contributed by atoms with Gasteiger partial charge in [0.25, 0.3) is 0 Å². The molecule has 0 aromatic heterocycles. The molecule has 0 atom stereocenters. The molecule has 120 valence electrons. The lowest BCUT2D eigenvalue weighted by atomic mass is 10.2. The second kappa shape index (κ2) is 8.47. The second-order valence-corrected chi connectivity index (χ2v) is 7.00. The van der Waals surface area contributed by atoms with E-state index in [9.17, 15) is 8.42 Å². The van der Waals surface area contributed by atoms with E-state index in [1.807, 2.05) is 18.4 Å². The molecule has 0 aliphatic carbocycles. The van der Waals surface area contributed by atoms with Crippen molar-refractivity contribution in [2.45, 2.75) is 17.9 Å². The maximum absolute atomic E-state index is 10.8. The van der Waals surface area contributed by atoms with Crippen LogP contribution in [0, 0.1) is 0 Å². The topological polar surface area (TPSA) is 90.6 Å². The highest BCUT2D eigenvalue weighted by molar-refractivity contribution is 7.98. The Labute approximate surface area is 130 Å². The van der Waals surface area contributed by atoms with E-state index in [-0.39, 0.29) is 5.75 Å². The second-order valence-electron chi connectivity index (χ2n) is 4.42. The summed E-state index contributed by atoms with van der Waals surface area (Å²) in [6.45, 7) is 1.21. The molecule has 0 aliphatic heterocycles. The summed E-state index contributed by atoms with van der Waals surface area (Å²) in [5, 5.41) is 8.16. The van der Waals surface area contributed by atoms with Gasteiger partial charge in [-0.15, -0.1) is 11.8 Å². The molecule has 0 spiro atoms. The molecule has 0 fully saturated rings. The lowest BCUT2D eigenvalue weighted by Crippen LogP contribution is -2.22. The van der Waals surface area contributed by atoms with Crippen LogP contribution in [0.4, 0.5) is 0 Å². The highest BCUT2D eigenvalue weighted by Gasteiger charge is 2.10. The molecule has 0 heterocycles. The van der Waals surface area contributed by atoms with Crippen LogP contribution in [-0.4, -0.2) is 41.2 Å². The largest absolute Gasteiger partial charge is 0.493 e. The lowest BCUT2D eigenvalue weighted by Gasteiger charge is -2.14. The van der Waals surface area contributed by atoms with E-state index in [1.54, 1.807) is 26.0 Å². The minimum atomic E-state index is -3.38. The van der Waals surface area contributed by atoms with Crippen LogP contribution in [-0.2, 0) is 16.6 Å². The first kappa shape index (κ1) is 18.1. The van der Waals surface area contributed by atoms with Gasteiger partial charge in [0.2, 0.25) is 10.0 Å². The molecule has 0 bridgehead atoms. The summed E-state index contributed by atoms with van der Waals surface area (Å²) < 4.78 is 32.2. The predicted octanol–water partition coefficient (Wildman–Crippen LogP) is 1.19. The van der Waals surface area contributed by atoms with Crippen molar-refractivity contribution in [2.75, 3.05) is 32.8 Å². The van der Waals surface area contributed by atoms with Gasteiger partial charge in [-0.05, 0) is 36.9 Å². The predicted molar refractivity (Wildman–Crippen MR) is 85.6 cm³/mol. The zero-order chi connectivity index (χ0) is 15.9. The Balaban J connectivity index is 2.65. The van der Waals surface area contributed by atoms with E-state index in [4.69, 9.17) is 14.6 Å². The van der Waals surface area contributed by atoms with Crippen LogP contribution in [0.1, 0.15) is 12.0 Å². The van der Waals surface area contributed by atoms with Crippen molar-refractivity contribution in [3.63, 3.8) is 0 Å². The van der Waals surface area contributed by atoms with Crippen molar-refractivity contribution in [1.29, 1.82) is 0 Å². The maximum atomic E-state index is 10.8. The summed E-state index contributed by atoms with van der Waals surface area (Å²) in [6.07, 6.45) is 2.48. The summed E-state index contributed by atoms with van der Waals surface area (Å²) in [5.74, 6) is 1.36. The van der Waals surface area contributed by atoms with E-state index >= 15 is 0 Å². The van der Waals surface area contributed by atoms with Crippen molar-refractivity contribution in [2.24, 2.45) is 5.14 Å². The number of nitrogens with two attached hydrogens (primary N) is 1. The van der Waals surface area contributed by atoms with Gasteiger partial charge in [-0.2, -0.15) is 0 Å². The molecule has 8 heteroatoms. The quantitative estimate of drug-likeness (QED) is 0.521. The Kier molecular flexibility index (Phi) is 7.30. The first-order chi connectivity index (χ1) is 9.91. The highest BCUT2D eigenvalue weighted by atomic mass is 32.2. The van der Waals surface area contributed by atoms with Gasteiger partial charge >= 0.3 is 0 Å². The molecular formula is C13H22N2O4S2. The molecule has 0 unspecified atom stereocenters. The molecule has 21 heavy (non-hydrogen) atoms. The van der Waals surface area contributed by atoms with Crippen LogP contribution in [0.5, 0.6) is 11.5 Å². The van der Waals surface area contributed by atoms with Crippen LogP contribution in [0.15, 0.2) is 17.0 Å². The number of hydrogen-bond acceptors (Lipinski definition) is 6. The zero-order valence-corrected chi connectivity index (χ0v) is 14.1. The van der Waals surface area contributed by atoms with E-state index < -0.39 is 10.0 Å². The summed E-state index contributed by atoms with van der Waals surface area (Å²) in [7, 11) is -0.181. The average Bonchev–Trinajstić information content (AvgIpc) is 2.44. The number of ether oxygens (including phenoxy) is 2. The van der Waals surface area contributed by atoms with Gasteiger partial charge in [0.05, 0.1) is 20.0 Å². The average molecular weight is 334 g/mol. The Morgan fingerprint density at radius 1 is 1.24 bits per heavy atom. The van der Waals surface area contributed by atoms with Crippen molar-refractivity contribution >= 4 is 21.8 Å². The summed E-state index contributed by atoms with van der Waals surface area (Å²) >= 11 is 1.62. The third-order valence-corrected chi connectivity index (χ3v) is 4.56. The molecule has 1 aromatic carbocycles. The van der Waals surface area contributed by atoms with Gasteiger partial charge in [-0.25, -0.2) is 13.6 Å². The summed E-state index contributed by atoms with van der Waals surface area (Å²) in [4.78, 5) is 1.09. The monoisotopic (exact) mass is 334 g/mol. The van der Waals surface area contributed by atoms with Crippen molar-refractivity contribution in [1.82, 2.24) is 5.32 Å². The number of nitrogens with one attached hydrogen (secondary N) is 1. The third-order valence-electron chi connectivity index (χ3n) is 2.88. The van der Waals surface area contributed by atoms with Gasteiger partial charge in [0.15, 0.2) is 11.5 Å². The van der Waals surface area contributed by atoms with Crippen molar-refractivity contribution in [3.05, 3.63) is 17.7 Å². The standard InChI is InChI=1S/C13H22N2O4S2/c1-18-11-7-10(13(20-3)8-12(11)19-2)9-15-5-4-6-21(14,16)17/h7-8,15H,4-6,9H2,1-3H3,(H2,14,16,17). The fourth-order valence-electron chi connectivity index (χ4n) is 1.85. The third kappa shape index (κ3) is 6.13. The fourth-order valence-corrected chi connectivity index (χ4v) is 3.02. The van der Waals surface area contributed by atoms with Crippen LogP contribution < -0.4 is 19.9 Å². The maximum Gasteiger partial charge on any atom is 0.209 e. The summed E-state index contributed by atoms with van der Waals surface area (Å²) in [6, 6.07) is 3.86. The van der Waals surface area contributed by atoms with E-state index in [2.05, 4.69) is 5.32 Å². The number of rotatable bonds is 9. The van der Waals surface area contributed by atoms with Gasteiger partial charge in [0, 0.05) is 11.4 Å². The molecule has 1 aromatic rings. The van der Waals surface area contributed by atoms with Crippen LogP contribution >= 0.6 is 11.8 Å². The lowest BCUT2D eigenvalue weighted by molar-refractivity contribution is 0.353. The number of hydrogen-bond donors (Lipinski definition) is 2. The van der Waals surface area contributed by atoms with Gasteiger partial charge < -0.3 is 14.8 Å². The molecule has 0 saturated carbocycles. The molecule has 0 radical (unpaired) electrons. The number of primary sulfonamides is 1. The molecular weight excluding hydrogens is 312 g/mol. The van der Waals surface area contributed by atoms with E-state index in [0.717, 1.165) is 10.5 Å². The number of benzene rings is 1. The van der Waals surface area contributed by atoms with Crippen LogP contribution in [0.3, 0.4) is 0 Å². The minimum absolute atomic E-state index is 0.0126. The minimum Gasteiger partial charge on any atom is -0.493 e. The van der Waals surface area contributed by atoms with Crippen molar-refractivity contribution in [3.8, 4) is 11.5 Å². The van der Waals surface area contributed by atoms with E-state index in [1.165, 1.54) is 0 Å². The Bertz CT molecular complexity index is 562. The molecule has 0 aliphatic rings. The number of methoxy groups -OCH3 is 2. The molecule has 6 nitrogen and oxygen atoms in total. The summed E-state index contributed by atoms with van der Waals surface area (Å²) in [5.41, 5.74) is 1.08. The zero-order valence-electron chi connectivity index (χ0n) is 12.5. The SMILES string of the molecule is COc1cc(CNCCCS(N)(=O)=O)c(SC)cc1OC. The normalized spacial score (nSPS) is 11.4. The van der Waals surface area contributed by atoms with Gasteiger partial charge in [0.1, 0.15) is 0 Å². The molecule has 3 N–H and O–H groups in total. The first-order valence-electron chi connectivity index (χ1n) is 6.41. The molecule has 0 saturated heterocycles. The smallest absolute Gasteiger partial charge is 0.209 e. The fraction of sp³-hybridized carbons (Fsp3) is 0.538. The number of sulfonamides is 1. The Morgan fingerprint density at radius 3 is 2.38 bits per heavy atom. The molecule has 0 amide bonds. The first-order valence-corrected chi connectivity index (χ1v) is 9.35. The Morgan fingerprint density at radius 2 is 1.86 bits per heavy atom.